The van der Waals surface area contributed by atoms with Gasteiger partial charge in [0.05, 0.1) is 22.1 Å². The highest BCUT2D eigenvalue weighted by Gasteiger charge is 2.17. The molecule has 3 aromatic heterocycles. The number of para-hydroxylation sites is 3. The third-order valence-electron chi connectivity index (χ3n) is 12.9. The van der Waals surface area contributed by atoms with Gasteiger partial charge in [0, 0.05) is 53.1 Å². The lowest BCUT2D eigenvalue weighted by atomic mass is 9.94. The van der Waals surface area contributed by atoms with E-state index in [1.54, 1.807) is 0 Å². The van der Waals surface area contributed by atoms with Crippen LogP contribution in [0.1, 0.15) is 0 Å². The Balaban J connectivity index is 0.862. The Kier molecular flexibility index (Phi) is 8.12. The molecule has 0 aliphatic heterocycles. The van der Waals surface area contributed by atoms with Crippen molar-refractivity contribution < 1.29 is 0 Å². The van der Waals surface area contributed by atoms with Crippen molar-refractivity contribution in [2.75, 3.05) is 0 Å². The predicted octanol–water partition coefficient (Wildman–Crippen LogP) is 16.9. The van der Waals surface area contributed by atoms with Gasteiger partial charge in [0.15, 0.2) is 0 Å². The van der Waals surface area contributed by atoms with Crippen LogP contribution in [0.15, 0.2) is 231 Å². The summed E-state index contributed by atoms with van der Waals surface area (Å²) >= 11 is 1.88. The van der Waals surface area contributed by atoms with Crippen LogP contribution in [0.5, 0.6) is 0 Å². The van der Waals surface area contributed by atoms with Gasteiger partial charge in [-0.15, -0.1) is 11.3 Å². The molecule has 3 heterocycles. The highest BCUT2D eigenvalue weighted by atomic mass is 32.1. The molecule has 0 bridgehead atoms. The molecule has 0 spiro atoms. The molecule has 2 nitrogen and oxygen atoms in total. The van der Waals surface area contributed by atoms with Gasteiger partial charge in [-0.05, 0) is 117 Å². The number of rotatable bonds is 6. The molecule has 63 heavy (non-hydrogen) atoms. The number of hydrogen-bond donors (Lipinski definition) is 0. The topological polar surface area (TPSA) is 9.86 Å². The van der Waals surface area contributed by atoms with Crippen molar-refractivity contribution in [3.63, 3.8) is 0 Å². The van der Waals surface area contributed by atoms with Crippen LogP contribution in [0.25, 0.3) is 120 Å². The van der Waals surface area contributed by atoms with Gasteiger partial charge in [-0.25, -0.2) is 0 Å². The van der Waals surface area contributed by atoms with E-state index in [4.69, 9.17) is 0 Å². The molecular formula is C60H38N2S. The zero-order valence-electron chi connectivity index (χ0n) is 34.2. The van der Waals surface area contributed by atoms with Crippen LogP contribution in [0, 0.1) is 0 Å². The van der Waals surface area contributed by atoms with E-state index < -0.39 is 0 Å². The lowest BCUT2D eigenvalue weighted by Gasteiger charge is -2.13. The SMILES string of the molecule is c1cc(-c2cccc(-c3cccc(-n4c5ccccc5c5cc(-n6c7ccccc7c7ccccc76)ccc54)c3)c2)cc(-c2cccc(-c3cccc4c3sc3ccccc34)c2)c1. The average molecular weight is 819 g/mol. The standard InChI is InChI=1S/C60H38N2S/c1-5-28-55-49(22-1)50-23-2-6-29-56(50)62(55)47-32-33-58-54(38-47)51-24-3-7-30-57(51)61(58)46-21-12-19-44(37-46)42-17-10-15-40(35-42)39-14-9-16-41(34-39)43-18-11-20-45(36-43)48-26-13-27-53-52-25-4-8-31-59(52)63-60(48)53/h1-38H. The van der Waals surface area contributed by atoms with Gasteiger partial charge in [0.1, 0.15) is 0 Å². The molecule has 3 heteroatoms. The van der Waals surface area contributed by atoms with Gasteiger partial charge in [-0.3, -0.25) is 0 Å². The molecule has 0 aliphatic rings. The molecule has 10 aromatic carbocycles. The number of nitrogens with zero attached hydrogens (tertiary/aromatic N) is 2. The maximum Gasteiger partial charge on any atom is 0.0542 e. The summed E-state index contributed by atoms with van der Waals surface area (Å²) in [5.41, 5.74) is 16.8. The first kappa shape index (κ1) is 35.7. The maximum absolute atomic E-state index is 2.42. The molecule has 0 fully saturated rings. The Morgan fingerprint density at radius 1 is 0.254 bits per heavy atom. The number of aromatic nitrogens is 2. The van der Waals surface area contributed by atoms with Crippen LogP contribution >= 0.6 is 11.3 Å². The third-order valence-corrected chi connectivity index (χ3v) is 14.1. The van der Waals surface area contributed by atoms with E-state index in [2.05, 4.69) is 240 Å². The maximum atomic E-state index is 2.42. The largest absolute Gasteiger partial charge is 0.309 e. The predicted molar refractivity (Wildman–Crippen MR) is 270 cm³/mol. The van der Waals surface area contributed by atoms with Gasteiger partial charge in [0.25, 0.3) is 0 Å². The Morgan fingerprint density at radius 2 is 0.667 bits per heavy atom. The highest BCUT2D eigenvalue weighted by Crippen LogP contribution is 2.42. The van der Waals surface area contributed by atoms with Crippen molar-refractivity contribution in [1.82, 2.24) is 9.13 Å². The Bertz CT molecular complexity index is 3880. The second kappa shape index (κ2) is 14.3. The molecule has 0 saturated carbocycles. The monoisotopic (exact) mass is 818 g/mol. The smallest absolute Gasteiger partial charge is 0.0542 e. The highest BCUT2D eigenvalue weighted by molar-refractivity contribution is 7.26. The number of fused-ring (bicyclic) bond motifs is 9. The van der Waals surface area contributed by atoms with Crippen molar-refractivity contribution in [2.45, 2.75) is 0 Å². The average Bonchev–Trinajstić information content (AvgIpc) is 4.02. The summed E-state index contributed by atoms with van der Waals surface area (Å²) in [5, 5.41) is 7.67. The van der Waals surface area contributed by atoms with Crippen molar-refractivity contribution >= 4 is 75.1 Å². The fourth-order valence-electron chi connectivity index (χ4n) is 10.0. The summed E-state index contributed by atoms with van der Waals surface area (Å²) in [7, 11) is 0. The van der Waals surface area contributed by atoms with Crippen molar-refractivity contribution in [3.8, 4) is 55.9 Å². The normalized spacial score (nSPS) is 11.8. The van der Waals surface area contributed by atoms with Gasteiger partial charge < -0.3 is 9.13 Å². The van der Waals surface area contributed by atoms with Crippen molar-refractivity contribution in [3.05, 3.63) is 231 Å². The minimum atomic E-state index is 1.14. The third kappa shape index (κ3) is 5.78. The Hall–Kier alpha value is -7.98. The van der Waals surface area contributed by atoms with Gasteiger partial charge >= 0.3 is 0 Å². The second-order valence-electron chi connectivity index (χ2n) is 16.5. The molecule has 0 amide bonds. The molecule has 0 saturated heterocycles. The molecule has 13 rings (SSSR count). The van der Waals surface area contributed by atoms with Crippen LogP contribution in [0.4, 0.5) is 0 Å². The minimum absolute atomic E-state index is 1.14. The first-order valence-corrected chi connectivity index (χ1v) is 22.4. The summed E-state index contributed by atoms with van der Waals surface area (Å²) in [5.74, 6) is 0. The van der Waals surface area contributed by atoms with E-state index in [9.17, 15) is 0 Å². The molecule has 0 radical (unpaired) electrons. The minimum Gasteiger partial charge on any atom is -0.309 e. The fraction of sp³-hybridized carbons (Fsp3) is 0. The van der Waals surface area contributed by atoms with Crippen LogP contribution in [-0.2, 0) is 0 Å². The zero-order chi connectivity index (χ0) is 41.4. The van der Waals surface area contributed by atoms with Crippen LogP contribution in [0.3, 0.4) is 0 Å². The van der Waals surface area contributed by atoms with E-state index in [1.165, 1.54) is 108 Å². The Labute approximate surface area is 368 Å². The van der Waals surface area contributed by atoms with Crippen LogP contribution < -0.4 is 0 Å². The van der Waals surface area contributed by atoms with Gasteiger partial charge in [-0.2, -0.15) is 0 Å². The van der Waals surface area contributed by atoms with E-state index in [1.807, 2.05) is 11.3 Å². The summed E-state index contributed by atoms with van der Waals surface area (Å²) in [4.78, 5) is 0. The second-order valence-corrected chi connectivity index (χ2v) is 17.5. The molecule has 0 atom stereocenters. The van der Waals surface area contributed by atoms with Crippen LogP contribution in [0.2, 0.25) is 0 Å². The summed E-state index contributed by atoms with van der Waals surface area (Å²) in [6, 6.07) is 84.6. The summed E-state index contributed by atoms with van der Waals surface area (Å²) in [6.45, 7) is 0. The van der Waals surface area contributed by atoms with Crippen molar-refractivity contribution in [2.24, 2.45) is 0 Å². The summed E-state index contributed by atoms with van der Waals surface area (Å²) in [6.07, 6.45) is 0. The Morgan fingerprint density at radius 3 is 1.27 bits per heavy atom. The lowest BCUT2D eigenvalue weighted by Crippen LogP contribution is -1.96. The quantitative estimate of drug-likeness (QED) is 0.158. The summed E-state index contributed by atoms with van der Waals surface area (Å²) < 4.78 is 7.50. The van der Waals surface area contributed by atoms with Crippen LogP contribution in [-0.4, -0.2) is 9.13 Å². The lowest BCUT2D eigenvalue weighted by molar-refractivity contribution is 1.17. The van der Waals surface area contributed by atoms with Crippen molar-refractivity contribution in [1.29, 1.82) is 0 Å². The van der Waals surface area contributed by atoms with E-state index in [-0.39, 0.29) is 0 Å². The van der Waals surface area contributed by atoms with Gasteiger partial charge in [-0.1, -0.05) is 158 Å². The molecule has 294 valence electrons. The number of benzene rings is 10. The number of hydrogen-bond acceptors (Lipinski definition) is 1. The number of thiophene rings is 1. The van der Waals surface area contributed by atoms with E-state index >= 15 is 0 Å². The molecule has 0 unspecified atom stereocenters. The van der Waals surface area contributed by atoms with E-state index in [0.717, 1.165) is 11.4 Å². The first-order chi connectivity index (χ1) is 31.2. The van der Waals surface area contributed by atoms with Gasteiger partial charge in [0.2, 0.25) is 0 Å². The fourth-order valence-corrected chi connectivity index (χ4v) is 11.2. The first-order valence-electron chi connectivity index (χ1n) is 21.6. The molecular weight excluding hydrogens is 781 g/mol. The molecule has 13 aromatic rings. The van der Waals surface area contributed by atoms with E-state index in [0.29, 0.717) is 0 Å². The molecule has 0 aliphatic carbocycles. The zero-order valence-corrected chi connectivity index (χ0v) is 35.1. The molecule has 0 N–H and O–H groups in total.